The van der Waals surface area contributed by atoms with Crippen LogP contribution in [0.5, 0.6) is 5.75 Å². The fraction of sp³-hybridized carbons (Fsp3) is 0.125. The van der Waals surface area contributed by atoms with Crippen molar-refractivity contribution in [3.63, 3.8) is 0 Å². The van der Waals surface area contributed by atoms with Gasteiger partial charge in [-0.15, -0.1) is 0 Å². The molecule has 0 bridgehead atoms. The lowest BCUT2D eigenvalue weighted by atomic mass is 10.2. The number of benzene rings is 1. The van der Waals surface area contributed by atoms with E-state index in [0.717, 1.165) is 11.3 Å². The molecule has 0 aliphatic carbocycles. The lowest BCUT2D eigenvalue weighted by Gasteiger charge is -2.04. The molecule has 1 aromatic carbocycles. The second kappa shape index (κ2) is 5.69. The van der Waals surface area contributed by atoms with Crippen LogP contribution in [0.3, 0.4) is 0 Å². The van der Waals surface area contributed by atoms with E-state index < -0.39 is 5.97 Å². The van der Waals surface area contributed by atoms with Gasteiger partial charge in [0.25, 0.3) is 0 Å². The van der Waals surface area contributed by atoms with Gasteiger partial charge in [0.05, 0.1) is 25.3 Å². The molecule has 22 heavy (non-hydrogen) atoms. The van der Waals surface area contributed by atoms with Crippen molar-refractivity contribution < 1.29 is 14.3 Å². The molecule has 6 heteroatoms. The molecule has 0 aliphatic rings. The fourth-order valence-corrected chi connectivity index (χ4v) is 2.46. The van der Waals surface area contributed by atoms with Crippen LogP contribution >= 0.6 is 11.6 Å². The zero-order valence-electron chi connectivity index (χ0n) is 12.0. The van der Waals surface area contributed by atoms with E-state index in [2.05, 4.69) is 4.98 Å². The molecule has 0 radical (unpaired) electrons. The molecule has 5 nitrogen and oxygen atoms in total. The quantitative estimate of drug-likeness (QED) is 0.694. The standard InChI is InChI=1S/C16H13ClN2O3/c1-21-12-5-3-10(4-6-12)15-18-14(17)13-9-11(16(20)22-2)7-8-19(13)15/h3-9H,1-2H3. The summed E-state index contributed by atoms with van der Waals surface area (Å²) in [6.45, 7) is 0. The molecule has 0 atom stereocenters. The lowest BCUT2D eigenvalue weighted by molar-refractivity contribution is 0.0600. The van der Waals surface area contributed by atoms with Gasteiger partial charge in [-0.05, 0) is 36.4 Å². The molecule has 0 saturated carbocycles. The summed E-state index contributed by atoms with van der Waals surface area (Å²) >= 11 is 6.20. The van der Waals surface area contributed by atoms with E-state index in [9.17, 15) is 4.79 Å². The number of fused-ring (bicyclic) bond motifs is 1. The molecule has 2 heterocycles. The van der Waals surface area contributed by atoms with E-state index >= 15 is 0 Å². The van der Waals surface area contributed by atoms with E-state index in [1.54, 1.807) is 25.4 Å². The third-order valence-electron chi connectivity index (χ3n) is 3.37. The minimum atomic E-state index is -0.411. The Hall–Kier alpha value is -2.53. The summed E-state index contributed by atoms with van der Waals surface area (Å²) in [5.41, 5.74) is 1.97. The third kappa shape index (κ3) is 2.40. The first-order valence-corrected chi connectivity index (χ1v) is 6.92. The number of rotatable bonds is 3. The molecule has 3 rings (SSSR count). The van der Waals surface area contributed by atoms with Crippen molar-refractivity contribution in [2.45, 2.75) is 0 Å². The SMILES string of the molecule is COC(=O)c1ccn2c(-c3ccc(OC)cc3)nc(Cl)c2c1. The number of imidazole rings is 1. The van der Waals surface area contributed by atoms with Crippen LogP contribution in [0.2, 0.25) is 5.15 Å². The molecule has 0 fully saturated rings. The summed E-state index contributed by atoms with van der Waals surface area (Å²) in [4.78, 5) is 16.0. The highest BCUT2D eigenvalue weighted by atomic mass is 35.5. The van der Waals surface area contributed by atoms with E-state index in [1.807, 2.05) is 28.7 Å². The van der Waals surface area contributed by atoms with Crippen LogP contribution in [0.4, 0.5) is 0 Å². The minimum absolute atomic E-state index is 0.330. The molecule has 0 unspecified atom stereocenters. The second-order valence-corrected chi connectivity index (χ2v) is 4.97. The fourth-order valence-electron chi connectivity index (χ4n) is 2.24. The Bertz CT molecular complexity index is 840. The topological polar surface area (TPSA) is 52.8 Å². The minimum Gasteiger partial charge on any atom is -0.497 e. The van der Waals surface area contributed by atoms with E-state index in [-0.39, 0.29) is 0 Å². The number of hydrogen-bond acceptors (Lipinski definition) is 4. The van der Waals surface area contributed by atoms with Gasteiger partial charge >= 0.3 is 5.97 Å². The largest absolute Gasteiger partial charge is 0.497 e. The first-order chi connectivity index (χ1) is 10.6. The summed E-state index contributed by atoms with van der Waals surface area (Å²) in [6, 6.07) is 10.8. The molecule has 0 N–H and O–H groups in total. The molecule has 2 aromatic heterocycles. The van der Waals surface area contributed by atoms with Crippen LogP contribution in [0.15, 0.2) is 42.6 Å². The van der Waals surface area contributed by atoms with Crippen molar-refractivity contribution in [2.75, 3.05) is 14.2 Å². The number of halogens is 1. The predicted octanol–water partition coefficient (Wildman–Crippen LogP) is 3.45. The number of ether oxygens (including phenoxy) is 2. The van der Waals surface area contributed by atoms with Crippen LogP contribution in [-0.2, 0) is 4.74 Å². The highest BCUT2D eigenvalue weighted by molar-refractivity contribution is 6.33. The maximum Gasteiger partial charge on any atom is 0.337 e. The van der Waals surface area contributed by atoms with E-state index in [4.69, 9.17) is 21.1 Å². The first kappa shape index (κ1) is 14.4. The number of nitrogens with zero attached hydrogens (tertiary/aromatic N) is 2. The summed E-state index contributed by atoms with van der Waals surface area (Å²) < 4.78 is 11.7. The smallest absolute Gasteiger partial charge is 0.337 e. The zero-order valence-corrected chi connectivity index (χ0v) is 12.8. The average molecular weight is 317 g/mol. The van der Waals surface area contributed by atoms with Crippen LogP contribution in [0.1, 0.15) is 10.4 Å². The van der Waals surface area contributed by atoms with Gasteiger partial charge in [0, 0.05) is 11.8 Å². The van der Waals surface area contributed by atoms with Gasteiger partial charge in [0.15, 0.2) is 5.15 Å². The van der Waals surface area contributed by atoms with Crippen LogP contribution in [-0.4, -0.2) is 29.6 Å². The lowest BCUT2D eigenvalue weighted by Crippen LogP contribution is -2.02. The second-order valence-electron chi connectivity index (χ2n) is 4.62. The Labute approximate surface area is 132 Å². The van der Waals surface area contributed by atoms with Gasteiger partial charge in [0.1, 0.15) is 11.6 Å². The number of carbonyl (C=O) groups excluding carboxylic acids is 1. The number of esters is 1. The van der Waals surface area contributed by atoms with Crippen molar-refractivity contribution in [2.24, 2.45) is 0 Å². The molecular weight excluding hydrogens is 304 g/mol. The van der Waals surface area contributed by atoms with Crippen molar-refractivity contribution in [1.82, 2.24) is 9.38 Å². The Kier molecular flexibility index (Phi) is 3.73. The maximum absolute atomic E-state index is 11.6. The van der Waals surface area contributed by atoms with Gasteiger partial charge in [-0.3, -0.25) is 4.40 Å². The summed E-state index contributed by atoms with van der Waals surface area (Å²) in [7, 11) is 2.96. The monoisotopic (exact) mass is 316 g/mol. The first-order valence-electron chi connectivity index (χ1n) is 6.54. The summed E-state index contributed by atoms with van der Waals surface area (Å²) in [6.07, 6.45) is 1.75. The molecule has 112 valence electrons. The van der Waals surface area contributed by atoms with Crippen molar-refractivity contribution in [3.8, 4) is 17.1 Å². The Balaban J connectivity index is 2.12. The molecular formula is C16H13ClN2O3. The predicted molar refractivity (Wildman–Crippen MR) is 83.5 cm³/mol. The number of methoxy groups -OCH3 is 2. The summed E-state index contributed by atoms with van der Waals surface area (Å²) in [5.74, 6) is 1.05. The van der Waals surface area contributed by atoms with Crippen molar-refractivity contribution in [3.05, 3.63) is 53.3 Å². The normalized spacial score (nSPS) is 10.7. The van der Waals surface area contributed by atoms with Gasteiger partial charge in [-0.2, -0.15) is 0 Å². The molecule has 0 aliphatic heterocycles. The number of pyridine rings is 1. The molecule has 0 saturated heterocycles. The van der Waals surface area contributed by atoms with Crippen LogP contribution in [0, 0.1) is 0 Å². The Morgan fingerprint density at radius 2 is 1.91 bits per heavy atom. The summed E-state index contributed by atoms with van der Waals surface area (Å²) in [5, 5.41) is 0.330. The van der Waals surface area contributed by atoms with Gasteiger partial charge in [-0.1, -0.05) is 11.6 Å². The number of hydrogen-bond donors (Lipinski definition) is 0. The van der Waals surface area contributed by atoms with Crippen molar-refractivity contribution >= 4 is 23.1 Å². The number of carbonyl (C=O) groups is 1. The van der Waals surface area contributed by atoms with E-state index in [1.165, 1.54) is 7.11 Å². The third-order valence-corrected chi connectivity index (χ3v) is 3.65. The highest BCUT2D eigenvalue weighted by Gasteiger charge is 2.14. The highest BCUT2D eigenvalue weighted by Crippen LogP contribution is 2.27. The number of aromatic nitrogens is 2. The Morgan fingerprint density at radius 1 is 1.18 bits per heavy atom. The maximum atomic E-state index is 11.6. The van der Waals surface area contributed by atoms with Gasteiger partial charge in [-0.25, -0.2) is 9.78 Å². The molecule has 0 spiro atoms. The van der Waals surface area contributed by atoms with E-state index in [0.29, 0.717) is 22.1 Å². The zero-order chi connectivity index (χ0) is 15.7. The molecule has 3 aromatic rings. The van der Waals surface area contributed by atoms with Crippen LogP contribution in [0.25, 0.3) is 16.9 Å². The average Bonchev–Trinajstić information content (AvgIpc) is 2.90. The van der Waals surface area contributed by atoms with Crippen molar-refractivity contribution in [1.29, 1.82) is 0 Å². The molecule has 0 amide bonds. The van der Waals surface area contributed by atoms with Gasteiger partial charge in [0.2, 0.25) is 0 Å². The Morgan fingerprint density at radius 3 is 2.55 bits per heavy atom. The van der Waals surface area contributed by atoms with Gasteiger partial charge < -0.3 is 9.47 Å². The van der Waals surface area contributed by atoms with Crippen LogP contribution < -0.4 is 4.74 Å².